The van der Waals surface area contributed by atoms with Crippen LogP contribution in [0.4, 0.5) is 0 Å². The van der Waals surface area contributed by atoms with Crippen molar-refractivity contribution in [3.05, 3.63) is 54.1 Å². The Hall–Kier alpha value is -1.54. The second-order valence-corrected chi connectivity index (χ2v) is 4.24. The second kappa shape index (κ2) is 4.14. The molecule has 1 aromatic carbocycles. The molecule has 1 aliphatic carbocycles. The van der Waals surface area contributed by atoms with Crippen LogP contribution in [-0.2, 0) is 6.54 Å². The minimum absolute atomic E-state index is 0.485. The molecule has 2 aliphatic rings. The van der Waals surface area contributed by atoms with E-state index in [1.54, 1.807) is 0 Å². The fourth-order valence-electron chi connectivity index (χ4n) is 2.24. The van der Waals surface area contributed by atoms with Crippen LogP contribution in [0.15, 0.2) is 48.6 Å². The van der Waals surface area contributed by atoms with Crippen LogP contribution in [0, 0.1) is 0 Å². The molecule has 16 heavy (non-hydrogen) atoms. The lowest BCUT2D eigenvalue weighted by Crippen LogP contribution is -2.39. The zero-order valence-corrected chi connectivity index (χ0v) is 9.17. The van der Waals surface area contributed by atoms with Gasteiger partial charge in [-0.1, -0.05) is 42.5 Å². The molecular formula is C14H15NO. The standard InChI is InChI=1S/C14H15NO/c1-2-7-13(8-3-1)15-10-12-6-4-5-9-14(12)16-11-15/h1-7,9,13H,8,10-11H2. The van der Waals surface area contributed by atoms with E-state index in [0.717, 1.165) is 18.7 Å². The summed E-state index contributed by atoms with van der Waals surface area (Å²) >= 11 is 0. The third-order valence-corrected chi connectivity index (χ3v) is 3.16. The van der Waals surface area contributed by atoms with Crippen LogP contribution >= 0.6 is 0 Å². The Morgan fingerprint density at radius 3 is 3.00 bits per heavy atom. The van der Waals surface area contributed by atoms with E-state index in [4.69, 9.17) is 4.74 Å². The van der Waals surface area contributed by atoms with Gasteiger partial charge < -0.3 is 4.74 Å². The summed E-state index contributed by atoms with van der Waals surface area (Å²) in [5.41, 5.74) is 1.29. The molecule has 0 N–H and O–H groups in total. The van der Waals surface area contributed by atoms with Gasteiger partial charge in [-0.25, -0.2) is 0 Å². The number of rotatable bonds is 1. The number of fused-ring (bicyclic) bond motifs is 1. The first-order chi connectivity index (χ1) is 7.93. The SMILES string of the molecule is C1=CCC(N2COc3ccccc3C2)C=C1. The van der Waals surface area contributed by atoms with Gasteiger partial charge in [-0.3, -0.25) is 4.90 Å². The lowest BCUT2D eigenvalue weighted by Gasteiger charge is -2.34. The molecule has 1 aromatic rings. The molecule has 2 heteroatoms. The number of hydrogen-bond donors (Lipinski definition) is 0. The van der Waals surface area contributed by atoms with Gasteiger partial charge in [-0.2, -0.15) is 0 Å². The average molecular weight is 213 g/mol. The van der Waals surface area contributed by atoms with Crippen molar-refractivity contribution in [3.8, 4) is 5.75 Å². The summed E-state index contributed by atoms with van der Waals surface area (Å²) in [6.07, 6.45) is 9.77. The molecule has 0 bridgehead atoms. The summed E-state index contributed by atoms with van der Waals surface area (Å²) in [6.45, 7) is 1.68. The van der Waals surface area contributed by atoms with Crippen LogP contribution in [0.3, 0.4) is 0 Å². The van der Waals surface area contributed by atoms with E-state index < -0.39 is 0 Å². The van der Waals surface area contributed by atoms with Crippen LogP contribution in [0.5, 0.6) is 5.75 Å². The lowest BCUT2D eigenvalue weighted by molar-refractivity contribution is 0.0725. The summed E-state index contributed by atoms with van der Waals surface area (Å²) in [4.78, 5) is 2.36. The van der Waals surface area contributed by atoms with Gasteiger partial charge in [0.1, 0.15) is 12.5 Å². The quantitative estimate of drug-likeness (QED) is 0.711. The molecule has 0 spiro atoms. The van der Waals surface area contributed by atoms with Crippen LogP contribution in [0.2, 0.25) is 0 Å². The molecule has 1 atom stereocenters. The molecule has 0 radical (unpaired) electrons. The molecule has 1 aliphatic heterocycles. The van der Waals surface area contributed by atoms with Gasteiger partial charge in [-0.05, 0) is 12.5 Å². The smallest absolute Gasteiger partial charge is 0.142 e. The average Bonchev–Trinajstić information content (AvgIpc) is 2.39. The molecule has 0 aromatic heterocycles. The maximum absolute atomic E-state index is 5.76. The Kier molecular flexibility index (Phi) is 2.50. The monoisotopic (exact) mass is 213 g/mol. The normalized spacial score (nSPS) is 23.9. The van der Waals surface area contributed by atoms with Crippen molar-refractivity contribution in [2.24, 2.45) is 0 Å². The number of nitrogens with zero attached hydrogens (tertiary/aromatic N) is 1. The molecule has 0 saturated heterocycles. The minimum Gasteiger partial charge on any atom is -0.478 e. The van der Waals surface area contributed by atoms with Crippen molar-refractivity contribution < 1.29 is 4.74 Å². The number of benzene rings is 1. The third-order valence-electron chi connectivity index (χ3n) is 3.16. The van der Waals surface area contributed by atoms with Crippen LogP contribution < -0.4 is 4.74 Å². The number of allylic oxidation sites excluding steroid dienone is 2. The van der Waals surface area contributed by atoms with E-state index >= 15 is 0 Å². The fourth-order valence-corrected chi connectivity index (χ4v) is 2.24. The Balaban J connectivity index is 1.77. The van der Waals surface area contributed by atoms with Crippen molar-refractivity contribution in [2.75, 3.05) is 6.73 Å². The number of ether oxygens (including phenoxy) is 1. The van der Waals surface area contributed by atoms with E-state index in [2.05, 4.69) is 41.3 Å². The molecule has 2 nitrogen and oxygen atoms in total. The highest BCUT2D eigenvalue weighted by Crippen LogP contribution is 2.26. The minimum atomic E-state index is 0.485. The van der Waals surface area contributed by atoms with Gasteiger partial charge in [0, 0.05) is 18.2 Å². The van der Waals surface area contributed by atoms with Crippen molar-refractivity contribution in [3.63, 3.8) is 0 Å². The van der Waals surface area contributed by atoms with E-state index in [1.807, 2.05) is 12.1 Å². The van der Waals surface area contributed by atoms with E-state index in [-0.39, 0.29) is 0 Å². The van der Waals surface area contributed by atoms with Crippen molar-refractivity contribution in [1.82, 2.24) is 4.90 Å². The van der Waals surface area contributed by atoms with Gasteiger partial charge in [0.25, 0.3) is 0 Å². The van der Waals surface area contributed by atoms with E-state index in [9.17, 15) is 0 Å². The predicted octanol–water partition coefficient (Wildman–Crippen LogP) is 2.72. The van der Waals surface area contributed by atoms with E-state index in [0.29, 0.717) is 12.8 Å². The zero-order chi connectivity index (χ0) is 10.8. The van der Waals surface area contributed by atoms with Crippen molar-refractivity contribution >= 4 is 0 Å². The molecule has 0 saturated carbocycles. The molecule has 3 rings (SSSR count). The highest BCUT2D eigenvalue weighted by molar-refractivity contribution is 5.34. The Morgan fingerprint density at radius 2 is 2.12 bits per heavy atom. The highest BCUT2D eigenvalue weighted by atomic mass is 16.5. The summed E-state index contributed by atoms with van der Waals surface area (Å²) in [5.74, 6) is 1.04. The molecule has 1 unspecified atom stereocenters. The van der Waals surface area contributed by atoms with Gasteiger partial charge in [-0.15, -0.1) is 0 Å². The predicted molar refractivity (Wildman–Crippen MR) is 64.2 cm³/mol. The molecule has 82 valence electrons. The van der Waals surface area contributed by atoms with Crippen LogP contribution in [0.1, 0.15) is 12.0 Å². The first-order valence-electron chi connectivity index (χ1n) is 5.71. The Bertz CT molecular complexity index is 436. The molecule has 0 amide bonds. The maximum Gasteiger partial charge on any atom is 0.142 e. The zero-order valence-electron chi connectivity index (χ0n) is 9.17. The Labute approximate surface area is 95.8 Å². The lowest BCUT2D eigenvalue weighted by atomic mass is 10.1. The van der Waals surface area contributed by atoms with Crippen LogP contribution in [-0.4, -0.2) is 17.7 Å². The Morgan fingerprint density at radius 1 is 1.19 bits per heavy atom. The first kappa shape index (κ1) is 9.67. The van der Waals surface area contributed by atoms with Gasteiger partial charge in [0.2, 0.25) is 0 Å². The summed E-state index contributed by atoms with van der Waals surface area (Å²) in [6, 6.07) is 8.77. The van der Waals surface area contributed by atoms with Crippen LogP contribution in [0.25, 0.3) is 0 Å². The summed E-state index contributed by atoms with van der Waals surface area (Å²) in [7, 11) is 0. The number of hydrogen-bond acceptors (Lipinski definition) is 2. The van der Waals surface area contributed by atoms with Gasteiger partial charge in [0.15, 0.2) is 0 Å². The summed E-state index contributed by atoms with van der Waals surface area (Å²) < 4.78 is 5.76. The van der Waals surface area contributed by atoms with Gasteiger partial charge in [0.05, 0.1) is 0 Å². The fraction of sp³-hybridized carbons (Fsp3) is 0.286. The van der Waals surface area contributed by atoms with Crippen molar-refractivity contribution in [1.29, 1.82) is 0 Å². The third kappa shape index (κ3) is 1.76. The topological polar surface area (TPSA) is 12.5 Å². The molecular weight excluding hydrogens is 198 g/mol. The highest BCUT2D eigenvalue weighted by Gasteiger charge is 2.22. The van der Waals surface area contributed by atoms with Gasteiger partial charge >= 0.3 is 0 Å². The largest absolute Gasteiger partial charge is 0.478 e. The second-order valence-electron chi connectivity index (χ2n) is 4.24. The molecule has 0 fully saturated rings. The van der Waals surface area contributed by atoms with Crippen molar-refractivity contribution in [2.45, 2.75) is 19.0 Å². The molecule has 1 heterocycles. The maximum atomic E-state index is 5.76. The summed E-state index contributed by atoms with van der Waals surface area (Å²) in [5, 5.41) is 0. The van der Waals surface area contributed by atoms with E-state index in [1.165, 1.54) is 5.56 Å². The first-order valence-corrected chi connectivity index (χ1v) is 5.71. The number of para-hydroxylation sites is 1.